The van der Waals surface area contributed by atoms with Gasteiger partial charge in [0.05, 0.1) is 15.9 Å². The summed E-state index contributed by atoms with van der Waals surface area (Å²) in [5, 5.41) is -0.0651. The summed E-state index contributed by atoms with van der Waals surface area (Å²) in [4.78, 5) is 11.1. The lowest BCUT2D eigenvalue weighted by molar-refractivity contribution is 0.563. The highest BCUT2D eigenvalue weighted by Gasteiger charge is 2.28. The van der Waals surface area contributed by atoms with E-state index in [0.29, 0.717) is 16.9 Å². The Bertz CT molecular complexity index is 1050. The lowest BCUT2D eigenvalue weighted by atomic mass is 10.1. The average Bonchev–Trinajstić information content (AvgIpc) is 2.68. The van der Waals surface area contributed by atoms with Crippen molar-refractivity contribution in [1.82, 2.24) is 9.97 Å². The van der Waals surface area contributed by atoms with Crippen molar-refractivity contribution < 1.29 is 12.8 Å². The van der Waals surface area contributed by atoms with Crippen molar-refractivity contribution in [3.05, 3.63) is 54.3 Å². The van der Waals surface area contributed by atoms with E-state index in [9.17, 15) is 12.8 Å². The van der Waals surface area contributed by atoms with E-state index >= 15 is 0 Å². The number of para-hydroxylation sites is 2. The summed E-state index contributed by atoms with van der Waals surface area (Å²) in [6.07, 6.45) is 3.10. The van der Waals surface area contributed by atoms with Gasteiger partial charge in [-0.2, -0.15) is 0 Å². The predicted molar refractivity (Wildman–Crippen MR) is 97.5 cm³/mol. The van der Waals surface area contributed by atoms with Crippen LogP contribution in [0.2, 0.25) is 0 Å². The molecule has 1 fully saturated rings. The van der Waals surface area contributed by atoms with Gasteiger partial charge in [0.15, 0.2) is 5.82 Å². The van der Waals surface area contributed by atoms with Crippen molar-refractivity contribution in [2.24, 2.45) is 0 Å². The van der Waals surface area contributed by atoms with Crippen LogP contribution < -0.4 is 4.90 Å². The normalized spacial score (nSPS) is 15.3. The predicted octanol–water partition coefficient (Wildman–Crippen LogP) is 3.59. The monoisotopic (exact) mass is 371 g/mol. The Morgan fingerprint density at radius 3 is 2.12 bits per heavy atom. The minimum absolute atomic E-state index is 0.0155. The molecule has 0 bridgehead atoms. The first-order chi connectivity index (χ1) is 12.6. The standard InChI is InChI=1S/C19H18FN3O2S/c20-14-8-10-15(11-9-14)26(24,25)19-18(23-12-4-1-5-13-23)21-16-6-2-3-7-17(16)22-19/h2-3,6-11H,1,4-5,12-13H2. The van der Waals surface area contributed by atoms with Crippen molar-refractivity contribution in [2.45, 2.75) is 29.2 Å². The van der Waals surface area contributed by atoms with Gasteiger partial charge in [-0.25, -0.2) is 22.8 Å². The zero-order chi connectivity index (χ0) is 18.1. The maximum atomic E-state index is 13.2. The lowest BCUT2D eigenvalue weighted by Gasteiger charge is -2.29. The molecule has 0 atom stereocenters. The van der Waals surface area contributed by atoms with Gasteiger partial charge in [0.2, 0.25) is 14.9 Å². The number of nitrogens with zero attached hydrogens (tertiary/aromatic N) is 3. The molecule has 134 valence electrons. The average molecular weight is 371 g/mol. The number of sulfone groups is 1. The zero-order valence-electron chi connectivity index (χ0n) is 14.1. The number of halogens is 1. The van der Waals surface area contributed by atoms with Gasteiger partial charge in [-0.15, -0.1) is 0 Å². The molecule has 2 aromatic carbocycles. The Morgan fingerprint density at radius 2 is 1.46 bits per heavy atom. The summed E-state index contributed by atoms with van der Waals surface area (Å²) < 4.78 is 39.6. The van der Waals surface area contributed by atoms with E-state index in [-0.39, 0.29) is 9.92 Å². The Morgan fingerprint density at radius 1 is 0.846 bits per heavy atom. The van der Waals surface area contributed by atoms with Crippen LogP contribution in [0, 0.1) is 5.82 Å². The summed E-state index contributed by atoms with van der Waals surface area (Å²) in [6.45, 7) is 1.50. The second-order valence-electron chi connectivity index (χ2n) is 6.35. The first kappa shape index (κ1) is 16.9. The molecule has 1 aliphatic heterocycles. The van der Waals surface area contributed by atoms with Crippen LogP contribution in [0.3, 0.4) is 0 Å². The molecule has 0 amide bonds. The molecule has 1 aromatic heterocycles. The zero-order valence-corrected chi connectivity index (χ0v) is 14.9. The molecule has 0 spiro atoms. The van der Waals surface area contributed by atoms with E-state index < -0.39 is 15.7 Å². The summed E-state index contributed by atoms with van der Waals surface area (Å²) >= 11 is 0. The van der Waals surface area contributed by atoms with Crippen molar-refractivity contribution in [1.29, 1.82) is 0 Å². The molecule has 3 aromatic rings. The SMILES string of the molecule is O=S(=O)(c1ccc(F)cc1)c1nc2ccccc2nc1N1CCCCC1. The van der Waals surface area contributed by atoms with Crippen LogP contribution in [-0.2, 0) is 9.84 Å². The molecule has 1 saturated heterocycles. The number of piperidine rings is 1. The molecule has 1 aliphatic rings. The quantitative estimate of drug-likeness (QED) is 0.659. The van der Waals surface area contributed by atoms with E-state index in [1.54, 1.807) is 12.1 Å². The summed E-state index contributed by atoms with van der Waals surface area (Å²) in [6, 6.07) is 12.0. The number of fused-ring (bicyclic) bond motifs is 1. The van der Waals surface area contributed by atoms with E-state index in [0.717, 1.165) is 44.5 Å². The van der Waals surface area contributed by atoms with Gasteiger partial charge >= 0.3 is 0 Å². The summed E-state index contributed by atoms with van der Waals surface area (Å²) in [7, 11) is -3.91. The second-order valence-corrected chi connectivity index (χ2v) is 8.21. The molecule has 2 heterocycles. The fourth-order valence-corrected chi connectivity index (χ4v) is 4.54. The van der Waals surface area contributed by atoms with Crippen molar-refractivity contribution >= 4 is 26.7 Å². The van der Waals surface area contributed by atoms with Crippen LogP contribution in [0.15, 0.2) is 58.5 Å². The third-order valence-electron chi connectivity index (χ3n) is 4.56. The first-order valence-corrected chi connectivity index (χ1v) is 10.1. The lowest BCUT2D eigenvalue weighted by Crippen LogP contribution is -2.32. The molecule has 0 saturated carbocycles. The maximum Gasteiger partial charge on any atom is 0.227 e. The Labute approximate surface area is 151 Å². The van der Waals surface area contributed by atoms with Crippen LogP contribution in [0.1, 0.15) is 19.3 Å². The van der Waals surface area contributed by atoms with Crippen molar-refractivity contribution in [2.75, 3.05) is 18.0 Å². The smallest absolute Gasteiger partial charge is 0.227 e. The van der Waals surface area contributed by atoms with Gasteiger partial charge in [0, 0.05) is 13.1 Å². The molecule has 0 radical (unpaired) electrons. The van der Waals surface area contributed by atoms with Gasteiger partial charge in [0.1, 0.15) is 5.82 Å². The highest BCUT2D eigenvalue weighted by molar-refractivity contribution is 7.91. The number of hydrogen-bond acceptors (Lipinski definition) is 5. The third-order valence-corrected chi connectivity index (χ3v) is 6.23. The topological polar surface area (TPSA) is 63.2 Å². The van der Waals surface area contributed by atoms with Crippen LogP contribution in [0.25, 0.3) is 11.0 Å². The first-order valence-electron chi connectivity index (χ1n) is 8.58. The van der Waals surface area contributed by atoms with Crippen LogP contribution in [0.5, 0.6) is 0 Å². The molecule has 5 nitrogen and oxygen atoms in total. The fourth-order valence-electron chi connectivity index (χ4n) is 3.19. The van der Waals surface area contributed by atoms with Gasteiger partial charge in [-0.05, 0) is 55.7 Å². The van der Waals surface area contributed by atoms with Gasteiger partial charge in [-0.3, -0.25) is 0 Å². The summed E-state index contributed by atoms with van der Waals surface area (Å²) in [5.41, 5.74) is 1.18. The van der Waals surface area contributed by atoms with Gasteiger partial charge in [0.25, 0.3) is 0 Å². The maximum absolute atomic E-state index is 13.2. The molecular formula is C19H18FN3O2S. The molecular weight excluding hydrogens is 353 g/mol. The van der Waals surface area contributed by atoms with Crippen LogP contribution in [0.4, 0.5) is 10.2 Å². The number of anilines is 1. The number of benzene rings is 2. The molecule has 0 aliphatic carbocycles. The Kier molecular flexibility index (Phi) is 4.32. The molecule has 7 heteroatoms. The van der Waals surface area contributed by atoms with E-state index in [1.807, 2.05) is 17.0 Å². The highest BCUT2D eigenvalue weighted by atomic mass is 32.2. The second kappa shape index (κ2) is 6.64. The Hall–Kier alpha value is -2.54. The minimum atomic E-state index is -3.91. The van der Waals surface area contributed by atoms with Crippen molar-refractivity contribution in [3.8, 4) is 0 Å². The fraction of sp³-hybridized carbons (Fsp3) is 0.263. The molecule has 26 heavy (non-hydrogen) atoms. The number of hydrogen-bond donors (Lipinski definition) is 0. The van der Waals surface area contributed by atoms with Gasteiger partial charge in [-0.1, -0.05) is 12.1 Å². The van der Waals surface area contributed by atoms with E-state index in [4.69, 9.17) is 0 Å². The largest absolute Gasteiger partial charge is 0.354 e. The van der Waals surface area contributed by atoms with E-state index in [1.165, 1.54) is 12.1 Å². The van der Waals surface area contributed by atoms with Crippen LogP contribution in [-0.4, -0.2) is 31.5 Å². The molecule has 4 rings (SSSR count). The van der Waals surface area contributed by atoms with Gasteiger partial charge < -0.3 is 4.90 Å². The molecule has 0 unspecified atom stereocenters. The van der Waals surface area contributed by atoms with Crippen LogP contribution >= 0.6 is 0 Å². The third kappa shape index (κ3) is 3.03. The van der Waals surface area contributed by atoms with Crippen molar-refractivity contribution in [3.63, 3.8) is 0 Å². The minimum Gasteiger partial charge on any atom is -0.354 e. The highest BCUT2D eigenvalue weighted by Crippen LogP contribution is 2.31. The summed E-state index contributed by atoms with van der Waals surface area (Å²) in [5.74, 6) is -0.0995. The number of rotatable bonds is 3. The molecule has 0 N–H and O–H groups in total. The van der Waals surface area contributed by atoms with E-state index in [2.05, 4.69) is 9.97 Å². The number of aromatic nitrogens is 2. The Balaban J connectivity index is 1.92.